The van der Waals surface area contributed by atoms with Crippen LogP contribution in [0, 0.1) is 0 Å². The van der Waals surface area contributed by atoms with Gasteiger partial charge in [0.1, 0.15) is 11.9 Å². The van der Waals surface area contributed by atoms with Crippen LogP contribution in [0.1, 0.15) is 62.6 Å². The Balaban J connectivity index is 1.77. The van der Waals surface area contributed by atoms with Gasteiger partial charge in [-0.2, -0.15) is 0 Å². The number of methoxy groups -OCH3 is 2. The fraction of sp³-hybridized carbons (Fsp3) is 0.682. The highest BCUT2D eigenvalue weighted by atomic mass is 16.5. The third-order valence-corrected chi connectivity index (χ3v) is 5.65. The van der Waals surface area contributed by atoms with Gasteiger partial charge in [0.15, 0.2) is 0 Å². The van der Waals surface area contributed by atoms with Gasteiger partial charge in [-0.05, 0) is 69.1 Å². The van der Waals surface area contributed by atoms with Crippen molar-refractivity contribution in [3.63, 3.8) is 0 Å². The first kappa shape index (κ1) is 20.2. The van der Waals surface area contributed by atoms with E-state index in [1.165, 1.54) is 11.1 Å². The van der Waals surface area contributed by atoms with E-state index in [0.717, 1.165) is 57.3 Å². The summed E-state index contributed by atoms with van der Waals surface area (Å²) in [6.45, 7) is 3.57. The maximum absolute atomic E-state index is 13.2. The number of nitrogens with zero attached hydrogens (tertiary/aromatic N) is 1. The van der Waals surface area contributed by atoms with Gasteiger partial charge in [-0.1, -0.05) is 12.1 Å². The molecule has 27 heavy (non-hydrogen) atoms. The number of aryl methyl sites for hydroxylation is 1. The molecule has 0 radical (unpaired) electrons. The molecule has 0 unspecified atom stereocenters. The molecule has 3 rings (SSSR count). The molecule has 150 valence electrons. The quantitative estimate of drug-likeness (QED) is 0.614. The standard InChI is InChI=1S/C22H33NO4/c1-16(17-9-12-20(26-3)18(15-17)7-6-13-25-2)23(19-10-11-19)22(24)21-8-4-5-14-27-21/h9,12,15-16,19,21H,4-8,10-11,13-14H2,1-3H3/t16-,21-/m1/s1. The van der Waals surface area contributed by atoms with E-state index in [0.29, 0.717) is 12.6 Å². The third kappa shape index (κ3) is 5.02. The summed E-state index contributed by atoms with van der Waals surface area (Å²) in [4.78, 5) is 15.3. The predicted molar refractivity (Wildman–Crippen MR) is 105 cm³/mol. The van der Waals surface area contributed by atoms with Crippen molar-refractivity contribution in [2.45, 2.75) is 70.1 Å². The number of benzene rings is 1. The largest absolute Gasteiger partial charge is 0.496 e. The van der Waals surface area contributed by atoms with Crippen LogP contribution >= 0.6 is 0 Å². The van der Waals surface area contributed by atoms with Crippen LogP contribution < -0.4 is 4.74 Å². The van der Waals surface area contributed by atoms with Gasteiger partial charge in [-0.25, -0.2) is 0 Å². The van der Waals surface area contributed by atoms with Crippen molar-refractivity contribution >= 4 is 5.91 Å². The molecule has 0 N–H and O–H groups in total. The van der Waals surface area contributed by atoms with Crippen LogP contribution in [0.2, 0.25) is 0 Å². The number of carbonyl (C=O) groups is 1. The van der Waals surface area contributed by atoms with E-state index < -0.39 is 0 Å². The number of hydrogen-bond donors (Lipinski definition) is 0. The van der Waals surface area contributed by atoms with E-state index in [1.54, 1.807) is 14.2 Å². The Morgan fingerprint density at radius 2 is 2.07 bits per heavy atom. The zero-order chi connectivity index (χ0) is 19.2. The van der Waals surface area contributed by atoms with Crippen molar-refractivity contribution in [2.24, 2.45) is 0 Å². The Bertz CT molecular complexity index is 623. The molecule has 0 spiro atoms. The summed E-state index contributed by atoms with van der Waals surface area (Å²) < 4.78 is 16.5. The topological polar surface area (TPSA) is 48.0 Å². The zero-order valence-electron chi connectivity index (χ0n) is 16.9. The normalized spacial score (nSPS) is 20.9. The van der Waals surface area contributed by atoms with Crippen molar-refractivity contribution in [2.75, 3.05) is 27.4 Å². The molecule has 1 heterocycles. The summed E-state index contributed by atoms with van der Waals surface area (Å²) in [7, 11) is 3.43. The van der Waals surface area contributed by atoms with Crippen LogP contribution in [0.25, 0.3) is 0 Å². The SMILES string of the molecule is COCCCc1cc([C@@H](C)N(C(=O)[C@H]2CCCCO2)C2CC2)ccc1OC. The Labute approximate surface area is 163 Å². The molecule has 1 aromatic rings. The lowest BCUT2D eigenvalue weighted by Gasteiger charge is -2.34. The lowest BCUT2D eigenvalue weighted by molar-refractivity contribution is -0.149. The molecule has 5 nitrogen and oxygen atoms in total. The highest BCUT2D eigenvalue weighted by Crippen LogP contribution is 2.37. The van der Waals surface area contributed by atoms with Gasteiger partial charge >= 0.3 is 0 Å². The molecule has 1 aliphatic carbocycles. The van der Waals surface area contributed by atoms with Crippen molar-refractivity contribution in [1.29, 1.82) is 0 Å². The van der Waals surface area contributed by atoms with Crippen molar-refractivity contribution in [3.8, 4) is 5.75 Å². The minimum Gasteiger partial charge on any atom is -0.496 e. The van der Waals surface area contributed by atoms with Crippen molar-refractivity contribution in [3.05, 3.63) is 29.3 Å². The van der Waals surface area contributed by atoms with Crippen LogP contribution in [0.3, 0.4) is 0 Å². The molecular weight excluding hydrogens is 342 g/mol. The molecular formula is C22H33NO4. The summed E-state index contributed by atoms with van der Waals surface area (Å²) >= 11 is 0. The van der Waals surface area contributed by atoms with E-state index in [1.807, 2.05) is 6.07 Å². The van der Waals surface area contributed by atoms with E-state index in [9.17, 15) is 4.79 Å². The molecule has 2 aliphatic rings. The lowest BCUT2D eigenvalue weighted by Crippen LogP contribution is -2.44. The molecule has 1 aromatic carbocycles. The van der Waals surface area contributed by atoms with Gasteiger partial charge in [-0.3, -0.25) is 4.79 Å². The molecule has 5 heteroatoms. The van der Waals surface area contributed by atoms with E-state index >= 15 is 0 Å². The summed E-state index contributed by atoms with van der Waals surface area (Å²) in [6.07, 6.45) is 6.77. The molecule has 1 amide bonds. The van der Waals surface area contributed by atoms with E-state index in [-0.39, 0.29) is 18.1 Å². The molecule has 0 bridgehead atoms. The first-order valence-electron chi connectivity index (χ1n) is 10.2. The first-order chi connectivity index (χ1) is 13.2. The van der Waals surface area contributed by atoms with Gasteiger partial charge in [0, 0.05) is 26.4 Å². The highest BCUT2D eigenvalue weighted by molar-refractivity contribution is 5.82. The molecule has 2 fully saturated rings. The lowest BCUT2D eigenvalue weighted by atomic mass is 9.99. The van der Waals surface area contributed by atoms with Crippen molar-refractivity contribution in [1.82, 2.24) is 4.90 Å². The van der Waals surface area contributed by atoms with Gasteiger partial charge in [0.2, 0.25) is 0 Å². The molecule has 2 atom stereocenters. The maximum atomic E-state index is 13.2. The van der Waals surface area contributed by atoms with Crippen LogP contribution in [-0.2, 0) is 20.7 Å². The number of carbonyl (C=O) groups excluding carboxylic acids is 1. The summed E-state index contributed by atoms with van der Waals surface area (Å²) in [5.41, 5.74) is 2.34. The highest BCUT2D eigenvalue weighted by Gasteiger charge is 2.39. The third-order valence-electron chi connectivity index (χ3n) is 5.65. The average molecular weight is 376 g/mol. The second kappa shape index (κ2) is 9.56. The second-order valence-corrected chi connectivity index (χ2v) is 7.68. The van der Waals surface area contributed by atoms with Crippen LogP contribution in [0.15, 0.2) is 18.2 Å². The summed E-state index contributed by atoms with van der Waals surface area (Å²) in [5.74, 6) is 1.07. The number of amides is 1. The minimum atomic E-state index is -0.263. The number of rotatable bonds is 9. The van der Waals surface area contributed by atoms with Gasteiger partial charge in [0.05, 0.1) is 13.2 Å². The molecule has 1 aliphatic heterocycles. The Hall–Kier alpha value is -1.59. The maximum Gasteiger partial charge on any atom is 0.252 e. The van der Waals surface area contributed by atoms with Crippen LogP contribution in [0.4, 0.5) is 0 Å². The van der Waals surface area contributed by atoms with Gasteiger partial charge in [0.25, 0.3) is 5.91 Å². The average Bonchev–Trinajstić information content (AvgIpc) is 3.53. The summed E-state index contributed by atoms with van der Waals surface area (Å²) in [5, 5.41) is 0. The first-order valence-corrected chi connectivity index (χ1v) is 10.2. The predicted octanol–water partition coefficient (Wildman–Crippen LogP) is 3.90. The molecule has 0 aromatic heterocycles. The van der Waals surface area contributed by atoms with Crippen molar-refractivity contribution < 1.29 is 19.0 Å². The van der Waals surface area contributed by atoms with Crippen LogP contribution in [-0.4, -0.2) is 50.4 Å². The van der Waals surface area contributed by atoms with Crippen LogP contribution in [0.5, 0.6) is 5.75 Å². The fourth-order valence-electron chi connectivity index (χ4n) is 3.96. The van der Waals surface area contributed by atoms with Gasteiger partial charge in [-0.15, -0.1) is 0 Å². The molecule has 1 saturated heterocycles. The number of ether oxygens (including phenoxy) is 3. The van der Waals surface area contributed by atoms with E-state index in [2.05, 4.69) is 24.0 Å². The monoisotopic (exact) mass is 375 g/mol. The number of hydrogen-bond acceptors (Lipinski definition) is 4. The minimum absolute atomic E-state index is 0.0441. The Morgan fingerprint density at radius 1 is 1.26 bits per heavy atom. The van der Waals surface area contributed by atoms with E-state index in [4.69, 9.17) is 14.2 Å². The molecule has 1 saturated carbocycles. The second-order valence-electron chi connectivity index (χ2n) is 7.68. The van der Waals surface area contributed by atoms with Gasteiger partial charge < -0.3 is 19.1 Å². The zero-order valence-corrected chi connectivity index (χ0v) is 16.9. The Kier molecular flexibility index (Phi) is 7.13. The summed E-state index contributed by atoms with van der Waals surface area (Å²) in [6, 6.07) is 6.72. The fourth-order valence-corrected chi connectivity index (χ4v) is 3.96. The smallest absolute Gasteiger partial charge is 0.252 e. The Morgan fingerprint density at radius 3 is 2.70 bits per heavy atom.